The molecule has 1 amide bonds. The van der Waals surface area contributed by atoms with Gasteiger partial charge in [0.15, 0.2) is 0 Å². The zero-order valence-electron chi connectivity index (χ0n) is 13.9. The van der Waals surface area contributed by atoms with Gasteiger partial charge in [0, 0.05) is 39.3 Å². The molecule has 1 N–H and O–H groups in total. The number of carbonyl (C=O) groups is 1. The van der Waals surface area contributed by atoms with Crippen LogP contribution in [-0.4, -0.2) is 55.5 Å². The molecule has 1 aromatic rings. The first kappa shape index (κ1) is 15.5. The molecule has 2 aliphatic rings. The van der Waals surface area contributed by atoms with E-state index in [1.807, 2.05) is 4.90 Å². The topological polar surface area (TPSA) is 35.6 Å². The summed E-state index contributed by atoms with van der Waals surface area (Å²) in [6.45, 7) is 9.73. The molecule has 4 nitrogen and oxygen atoms in total. The zero-order valence-corrected chi connectivity index (χ0v) is 13.9. The summed E-state index contributed by atoms with van der Waals surface area (Å²) in [5.74, 6) is 0.797. The summed E-state index contributed by atoms with van der Waals surface area (Å²) in [5, 5.41) is 3.43. The Morgan fingerprint density at radius 1 is 1.23 bits per heavy atom. The first-order chi connectivity index (χ1) is 10.6. The lowest BCUT2D eigenvalue weighted by molar-refractivity contribution is -0.134. The van der Waals surface area contributed by atoms with Crippen LogP contribution < -0.4 is 5.32 Å². The Labute approximate surface area is 133 Å². The third-order valence-corrected chi connectivity index (χ3v) is 4.99. The van der Waals surface area contributed by atoms with Crippen molar-refractivity contribution in [2.45, 2.75) is 32.2 Å². The van der Waals surface area contributed by atoms with Crippen LogP contribution in [0, 0.1) is 0 Å². The maximum absolute atomic E-state index is 12.9. The van der Waals surface area contributed by atoms with Gasteiger partial charge in [0.2, 0.25) is 5.91 Å². The van der Waals surface area contributed by atoms with Crippen LogP contribution in [0.15, 0.2) is 18.2 Å². The van der Waals surface area contributed by atoms with Gasteiger partial charge in [-0.05, 0) is 29.7 Å². The third-order valence-electron chi connectivity index (χ3n) is 4.99. The molecule has 0 saturated carbocycles. The average molecular weight is 301 g/mol. The number of carbonyl (C=O) groups excluding carboxylic acids is 1. The van der Waals surface area contributed by atoms with Crippen LogP contribution in [0.4, 0.5) is 0 Å². The van der Waals surface area contributed by atoms with Crippen LogP contribution in [0.25, 0.3) is 0 Å². The van der Waals surface area contributed by atoms with E-state index in [1.165, 1.54) is 16.7 Å². The molecule has 1 fully saturated rings. The molecule has 120 valence electrons. The highest BCUT2D eigenvalue weighted by atomic mass is 16.2. The summed E-state index contributed by atoms with van der Waals surface area (Å²) in [4.78, 5) is 17.2. The van der Waals surface area contributed by atoms with E-state index in [0.717, 1.165) is 39.3 Å². The van der Waals surface area contributed by atoms with Gasteiger partial charge in [-0.1, -0.05) is 32.0 Å². The van der Waals surface area contributed by atoms with E-state index in [0.29, 0.717) is 11.8 Å². The second-order valence-electron chi connectivity index (χ2n) is 6.93. The standard InChI is InChI=1S/C18H27N3O/c1-13(2)14-4-5-16-15(10-14)11-19-12-17(16)18(22)21-8-6-20(3)7-9-21/h4-5,10,13,17,19H,6-9,11-12H2,1-3H3. The molecular formula is C18H27N3O. The number of nitrogens with one attached hydrogen (secondary N) is 1. The Morgan fingerprint density at radius 3 is 2.64 bits per heavy atom. The molecule has 0 aromatic heterocycles. The molecule has 0 spiro atoms. The summed E-state index contributed by atoms with van der Waals surface area (Å²) in [6, 6.07) is 6.65. The number of piperazine rings is 1. The second-order valence-corrected chi connectivity index (χ2v) is 6.93. The maximum atomic E-state index is 12.9. The summed E-state index contributed by atoms with van der Waals surface area (Å²) in [7, 11) is 2.12. The number of likely N-dealkylation sites (N-methyl/N-ethyl adjacent to an activating group) is 1. The highest BCUT2D eigenvalue weighted by molar-refractivity contribution is 5.85. The Morgan fingerprint density at radius 2 is 1.95 bits per heavy atom. The van der Waals surface area contributed by atoms with Crippen molar-refractivity contribution in [3.63, 3.8) is 0 Å². The Hall–Kier alpha value is -1.39. The summed E-state index contributed by atoms with van der Waals surface area (Å²) >= 11 is 0. The van der Waals surface area contributed by atoms with Gasteiger partial charge in [0.1, 0.15) is 0 Å². The zero-order chi connectivity index (χ0) is 15.7. The van der Waals surface area contributed by atoms with Gasteiger partial charge in [-0.3, -0.25) is 4.79 Å². The van der Waals surface area contributed by atoms with E-state index in [1.54, 1.807) is 0 Å². The molecule has 22 heavy (non-hydrogen) atoms. The SMILES string of the molecule is CC(C)c1ccc2c(c1)CNCC2C(=O)N1CCN(C)CC1. The molecule has 0 bridgehead atoms. The molecule has 1 unspecified atom stereocenters. The summed E-state index contributed by atoms with van der Waals surface area (Å²) in [5.41, 5.74) is 3.88. The molecule has 4 heteroatoms. The van der Waals surface area contributed by atoms with Crippen LogP contribution in [0.5, 0.6) is 0 Å². The third kappa shape index (κ3) is 3.03. The highest BCUT2D eigenvalue weighted by Crippen LogP contribution is 2.29. The van der Waals surface area contributed by atoms with Gasteiger partial charge >= 0.3 is 0 Å². The summed E-state index contributed by atoms with van der Waals surface area (Å²) in [6.07, 6.45) is 0. The molecule has 2 aliphatic heterocycles. The lowest BCUT2D eigenvalue weighted by Crippen LogP contribution is -2.50. The minimum atomic E-state index is -0.0200. The van der Waals surface area contributed by atoms with Crippen molar-refractivity contribution in [3.8, 4) is 0 Å². The summed E-state index contributed by atoms with van der Waals surface area (Å²) < 4.78 is 0. The monoisotopic (exact) mass is 301 g/mol. The van der Waals surface area contributed by atoms with Crippen LogP contribution in [0.2, 0.25) is 0 Å². The van der Waals surface area contributed by atoms with E-state index >= 15 is 0 Å². The predicted molar refractivity (Wildman–Crippen MR) is 89.1 cm³/mol. The van der Waals surface area contributed by atoms with Gasteiger partial charge < -0.3 is 15.1 Å². The van der Waals surface area contributed by atoms with E-state index < -0.39 is 0 Å². The number of hydrogen-bond donors (Lipinski definition) is 1. The van der Waals surface area contributed by atoms with Gasteiger partial charge in [0.05, 0.1) is 5.92 Å². The maximum Gasteiger partial charge on any atom is 0.231 e. The lowest BCUT2D eigenvalue weighted by atomic mass is 9.87. The fourth-order valence-electron chi connectivity index (χ4n) is 3.41. The van der Waals surface area contributed by atoms with Gasteiger partial charge in [-0.2, -0.15) is 0 Å². The normalized spacial score (nSPS) is 22.7. The Kier molecular flexibility index (Phi) is 4.50. The molecule has 3 rings (SSSR count). The minimum absolute atomic E-state index is 0.0200. The van der Waals surface area contributed by atoms with E-state index in [2.05, 4.69) is 49.3 Å². The van der Waals surface area contributed by atoms with Crippen LogP contribution >= 0.6 is 0 Å². The lowest BCUT2D eigenvalue weighted by Gasteiger charge is -2.36. The van der Waals surface area contributed by atoms with Crippen molar-refractivity contribution in [1.29, 1.82) is 0 Å². The van der Waals surface area contributed by atoms with Crippen LogP contribution in [0.3, 0.4) is 0 Å². The van der Waals surface area contributed by atoms with Crippen LogP contribution in [-0.2, 0) is 11.3 Å². The number of hydrogen-bond acceptors (Lipinski definition) is 3. The number of nitrogens with zero attached hydrogens (tertiary/aromatic N) is 2. The van der Waals surface area contributed by atoms with Crippen molar-refractivity contribution in [2.75, 3.05) is 39.8 Å². The van der Waals surface area contributed by atoms with Crippen LogP contribution in [0.1, 0.15) is 42.4 Å². The molecule has 1 atom stereocenters. The first-order valence-electron chi connectivity index (χ1n) is 8.37. The predicted octanol–water partition coefficient (Wildman–Crippen LogP) is 1.77. The molecule has 0 aliphatic carbocycles. The van der Waals surface area contributed by atoms with Crippen molar-refractivity contribution < 1.29 is 4.79 Å². The van der Waals surface area contributed by atoms with Crippen molar-refractivity contribution >= 4 is 5.91 Å². The molecule has 1 saturated heterocycles. The Bertz CT molecular complexity index is 547. The smallest absolute Gasteiger partial charge is 0.231 e. The number of amides is 1. The quantitative estimate of drug-likeness (QED) is 0.904. The van der Waals surface area contributed by atoms with E-state index in [-0.39, 0.29) is 5.92 Å². The number of benzene rings is 1. The van der Waals surface area contributed by atoms with Crippen molar-refractivity contribution in [1.82, 2.24) is 15.1 Å². The van der Waals surface area contributed by atoms with E-state index in [4.69, 9.17) is 0 Å². The van der Waals surface area contributed by atoms with E-state index in [9.17, 15) is 4.79 Å². The van der Waals surface area contributed by atoms with Gasteiger partial charge in [-0.25, -0.2) is 0 Å². The Balaban J connectivity index is 1.80. The molecule has 0 radical (unpaired) electrons. The van der Waals surface area contributed by atoms with Crippen molar-refractivity contribution in [3.05, 3.63) is 34.9 Å². The molecule has 1 aromatic carbocycles. The molecular weight excluding hydrogens is 274 g/mol. The first-order valence-corrected chi connectivity index (χ1v) is 8.37. The minimum Gasteiger partial charge on any atom is -0.340 e. The highest BCUT2D eigenvalue weighted by Gasteiger charge is 2.31. The van der Waals surface area contributed by atoms with Gasteiger partial charge in [0.25, 0.3) is 0 Å². The van der Waals surface area contributed by atoms with Gasteiger partial charge in [-0.15, -0.1) is 0 Å². The number of fused-ring (bicyclic) bond motifs is 1. The largest absolute Gasteiger partial charge is 0.340 e. The van der Waals surface area contributed by atoms with Crippen molar-refractivity contribution in [2.24, 2.45) is 0 Å². The second kappa shape index (κ2) is 6.39. The molecule has 2 heterocycles. The average Bonchev–Trinajstić information content (AvgIpc) is 2.53. The fourth-order valence-corrected chi connectivity index (χ4v) is 3.41. The number of rotatable bonds is 2. The fraction of sp³-hybridized carbons (Fsp3) is 0.611.